The molecule has 11 heteroatoms. The quantitative estimate of drug-likeness (QED) is 0.637. The van der Waals surface area contributed by atoms with Crippen LogP contribution < -0.4 is 15.8 Å². The highest BCUT2D eigenvalue weighted by Crippen LogP contribution is 2.36. The first-order chi connectivity index (χ1) is 14.3. The van der Waals surface area contributed by atoms with E-state index in [9.17, 15) is 35.9 Å². The molecule has 0 radical (unpaired) electrons. The van der Waals surface area contributed by atoms with Gasteiger partial charge in [0.1, 0.15) is 11.8 Å². The lowest BCUT2D eigenvalue weighted by Crippen LogP contribution is -2.46. The van der Waals surface area contributed by atoms with E-state index in [0.717, 1.165) is 0 Å². The van der Waals surface area contributed by atoms with Crippen molar-refractivity contribution in [2.75, 3.05) is 7.11 Å². The van der Waals surface area contributed by atoms with E-state index in [4.69, 9.17) is 10.5 Å². The fraction of sp³-hybridized carbons (Fsp3) is 0.300. The summed E-state index contributed by atoms with van der Waals surface area (Å²) in [5.41, 5.74) is 2.30. The molecule has 0 unspecified atom stereocenters. The zero-order valence-corrected chi connectivity index (χ0v) is 16.1. The largest absolute Gasteiger partial charge is 0.497 e. The first-order valence-electron chi connectivity index (χ1n) is 8.79. The second-order valence-electron chi connectivity index (χ2n) is 6.67. The highest BCUT2D eigenvalue weighted by molar-refractivity contribution is 5.87. The third-order valence-corrected chi connectivity index (χ3v) is 4.29. The van der Waals surface area contributed by atoms with Crippen LogP contribution in [0.5, 0.6) is 5.75 Å². The van der Waals surface area contributed by atoms with E-state index in [1.807, 2.05) is 0 Å². The Bertz CT molecular complexity index is 907. The number of benzene rings is 2. The van der Waals surface area contributed by atoms with Crippen molar-refractivity contribution in [3.63, 3.8) is 0 Å². The topological polar surface area (TPSA) is 81.4 Å². The lowest BCUT2D eigenvalue weighted by Gasteiger charge is -2.17. The maximum Gasteiger partial charge on any atom is 0.416 e. The fourth-order valence-corrected chi connectivity index (χ4v) is 2.77. The van der Waals surface area contributed by atoms with Crippen molar-refractivity contribution in [1.82, 2.24) is 5.32 Å². The lowest BCUT2D eigenvalue weighted by atomic mass is 10.0. The normalized spacial score (nSPS) is 12.9. The van der Waals surface area contributed by atoms with E-state index in [-0.39, 0.29) is 12.5 Å². The summed E-state index contributed by atoms with van der Waals surface area (Å²) in [6.45, 7) is 0. The molecule has 0 bridgehead atoms. The summed E-state index contributed by atoms with van der Waals surface area (Å²) in [4.78, 5) is 23.9. The van der Waals surface area contributed by atoms with Crippen LogP contribution in [0, 0.1) is 0 Å². The fourth-order valence-electron chi connectivity index (χ4n) is 2.77. The zero-order valence-electron chi connectivity index (χ0n) is 16.1. The van der Waals surface area contributed by atoms with Gasteiger partial charge in [0.25, 0.3) is 0 Å². The van der Waals surface area contributed by atoms with E-state index in [0.29, 0.717) is 23.4 Å². The Hall–Kier alpha value is -3.24. The number of nitrogens with two attached hydrogens (primary N) is 1. The van der Waals surface area contributed by atoms with Crippen molar-refractivity contribution in [3.8, 4) is 5.75 Å². The standard InChI is InChI=1S/C20H18F6N2O3/c1-31-15-4-2-11(3-5-15)8-16(18(27)30)28-17(29)9-12-6-13(19(21,22)23)10-14(7-12)20(24,25)26/h2-7,10,16H,8-9H2,1H3,(H2,27,30)(H,28,29)/t16-/m0/s1. The van der Waals surface area contributed by atoms with Gasteiger partial charge < -0.3 is 15.8 Å². The van der Waals surface area contributed by atoms with Crippen molar-refractivity contribution in [3.05, 3.63) is 64.7 Å². The monoisotopic (exact) mass is 448 g/mol. The van der Waals surface area contributed by atoms with Gasteiger partial charge in [0.05, 0.1) is 24.7 Å². The van der Waals surface area contributed by atoms with Crippen molar-refractivity contribution in [1.29, 1.82) is 0 Å². The second kappa shape index (κ2) is 9.27. The lowest BCUT2D eigenvalue weighted by molar-refractivity contribution is -0.143. The first-order valence-corrected chi connectivity index (χ1v) is 8.79. The highest BCUT2D eigenvalue weighted by Gasteiger charge is 2.37. The number of ether oxygens (including phenoxy) is 1. The van der Waals surface area contributed by atoms with Gasteiger partial charge in [-0.2, -0.15) is 26.3 Å². The third-order valence-electron chi connectivity index (χ3n) is 4.29. The van der Waals surface area contributed by atoms with Crippen molar-refractivity contribution in [2.24, 2.45) is 5.73 Å². The molecule has 0 saturated carbocycles. The minimum absolute atomic E-state index is 0.0263. The Labute approximate surface area is 173 Å². The van der Waals surface area contributed by atoms with Crippen molar-refractivity contribution < 1.29 is 40.7 Å². The van der Waals surface area contributed by atoms with E-state index < -0.39 is 53.3 Å². The second-order valence-corrected chi connectivity index (χ2v) is 6.67. The van der Waals surface area contributed by atoms with Crippen LogP contribution >= 0.6 is 0 Å². The number of methoxy groups -OCH3 is 1. The summed E-state index contributed by atoms with van der Waals surface area (Å²) in [7, 11) is 1.46. The van der Waals surface area contributed by atoms with Crippen LogP contribution in [-0.2, 0) is 34.8 Å². The number of hydrogen-bond donors (Lipinski definition) is 2. The molecule has 168 valence electrons. The van der Waals surface area contributed by atoms with Crippen LogP contribution in [0.25, 0.3) is 0 Å². The summed E-state index contributed by atoms with van der Waals surface area (Å²) in [6, 6.07) is 6.11. The molecule has 0 aromatic heterocycles. The Kier molecular flexibility index (Phi) is 7.19. The maximum atomic E-state index is 12.9. The van der Waals surface area contributed by atoms with Gasteiger partial charge in [-0.1, -0.05) is 12.1 Å². The van der Waals surface area contributed by atoms with E-state index in [2.05, 4.69) is 5.32 Å². The van der Waals surface area contributed by atoms with Gasteiger partial charge in [-0.05, 0) is 41.5 Å². The smallest absolute Gasteiger partial charge is 0.416 e. The molecule has 0 aliphatic rings. The predicted octanol–water partition coefficient (Wildman–Crippen LogP) is 3.49. The molecule has 31 heavy (non-hydrogen) atoms. The first kappa shape index (κ1) is 24.0. The molecule has 2 rings (SSSR count). The number of halogens is 6. The molecule has 5 nitrogen and oxygen atoms in total. The Morgan fingerprint density at radius 1 is 0.935 bits per heavy atom. The molecule has 2 aromatic rings. The number of carbonyl (C=O) groups excluding carboxylic acids is 2. The number of primary amides is 1. The number of carbonyl (C=O) groups is 2. The summed E-state index contributed by atoms with van der Waals surface area (Å²) in [5, 5.41) is 2.25. The van der Waals surface area contributed by atoms with Gasteiger partial charge in [0, 0.05) is 6.42 Å². The summed E-state index contributed by atoms with van der Waals surface area (Å²) in [5.74, 6) is -1.32. The van der Waals surface area contributed by atoms with Gasteiger partial charge >= 0.3 is 12.4 Å². The molecule has 1 atom stereocenters. The van der Waals surface area contributed by atoms with Crippen molar-refractivity contribution in [2.45, 2.75) is 31.2 Å². The highest BCUT2D eigenvalue weighted by atomic mass is 19.4. The van der Waals surface area contributed by atoms with E-state index in [1.165, 1.54) is 7.11 Å². The average molecular weight is 448 g/mol. The number of rotatable bonds is 7. The Morgan fingerprint density at radius 3 is 1.87 bits per heavy atom. The number of amides is 2. The van der Waals surface area contributed by atoms with Crippen LogP contribution in [0.3, 0.4) is 0 Å². The van der Waals surface area contributed by atoms with Gasteiger partial charge in [-0.3, -0.25) is 9.59 Å². The molecule has 0 spiro atoms. The SMILES string of the molecule is COc1ccc(C[C@H](NC(=O)Cc2cc(C(F)(F)F)cc(C(F)(F)F)c2)C(N)=O)cc1. The molecule has 3 N–H and O–H groups in total. The molecule has 0 saturated heterocycles. The van der Waals surface area contributed by atoms with Crippen molar-refractivity contribution >= 4 is 11.8 Å². The van der Waals surface area contributed by atoms with Gasteiger partial charge in [-0.15, -0.1) is 0 Å². The summed E-state index contributed by atoms with van der Waals surface area (Å²) >= 11 is 0. The van der Waals surface area contributed by atoms with Crippen LogP contribution in [0.1, 0.15) is 22.3 Å². The van der Waals surface area contributed by atoms with Gasteiger partial charge in [0.15, 0.2) is 0 Å². The minimum Gasteiger partial charge on any atom is -0.497 e. The molecule has 2 amide bonds. The molecular formula is C20H18F6N2O3. The van der Waals surface area contributed by atoms with Crippen LogP contribution in [0.4, 0.5) is 26.3 Å². The number of alkyl halides is 6. The van der Waals surface area contributed by atoms with Crippen LogP contribution in [0.2, 0.25) is 0 Å². The molecule has 2 aromatic carbocycles. The Morgan fingerprint density at radius 2 is 1.45 bits per heavy atom. The summed E-state index contributed by atoms with van der Waals surface area (Å²) < 4.78 is 82.7. The predicted molar refractivity (Wildman–Crippen MR) is 98.0 cm³/mol. The molecule has 0 heterocycles. The van der Waals surface area contributed by atoms with Gasteiger partial charge in [-0.25, -0.2) is 0 Å². The van der Waals surface area contributed by atoms with Gasteiger partial charge in [0.2, 0.25) is 11.8 Å². The molecule has 0 fully saturated rings. The average Bonchev–Trinajstić information content (AvgIpc) is 2.66. The van der Waals surface area contributed by atoms with Crippen LogP contribution in [0.15, 0.2) is 42.5 Å². The molecule has 0 aliphatic heterocycles. The molecule has 0 aliphatic carbocycles. The number of nitrogens with one attached hydrogen (secondary N) is 1. The van der Waals surface area contributed by atoms with E-state index in [1.54, 1.807) is 24.3 Å². The van der Waals surface area contributed by atoms with E-state index >= 15 is 0 Å². The Balaban J connectivity index is 2.19. The van der Waals surface area contributed by atoms with Crippen LogP contribution in [-0.4, -0.2) is 25.0 Å². The maximum absolute atomic E-state index is 12.9. The number of hydrogen-bond acceptors (Lipinski definition) is 3. The summed E-state index contributed by atoms with van der Waals surface area (Å²) in [6.07, 6.45) is -10.9. The minimum atomic E-state index is -5.03. The zero-order chi connectivity index (χ0) is 23.4. The molecular weight excluding hydrogens is 430 g/mol. The third kappa shape index (κ3) is 6.90.